The van der Waals surface area contributed by atoms with E-state index in [4.69, 9.17) is 5.73 Å². The van der Waals surface area contributed by atoms with Gasteiger partial charge in [-0.2, -0.15) is 0 Å². The molecule has 0 fully saturated rings. The third-order valence-electron chi connectivity index (χ3n) is 2.56. The van der Waals surface area contributed by atoms with Crippen LogP contribution in [-0.4, -0.2) is 6.54 Å². The topological polar surface area (TPSA) is 26.0 Å². The van der Waals surface area contributed by atoms with Crippen LogP contribution in [0.4, 0.5) is 0 Å². The van der Waals surface area contributed by atoms with Crippen LogP contribution in [0.25, 0.3) is 0 Å². The average Bonchev–Trinajstić information content (AvgIpc) is 2.12. The van der Waals surface area contributed by atoms with Crippen LogP contribution in [0.3, 0.4) is 0 Å². The van der Waals surface area contributed by atoms with E-state index in [2.05, 4.69) is 20.4 Å². The van der Waals surface area contributed by atoms with Gasteiger partial charge in [0, 0.05) is 6.54 Å². The van der Waals surface area contributed by atoms with Crippen LogP contribution in [0.1, 0.15) is 46.0 Å². The molecule has 0 amide bonds. The third-order valence-corrected chi connectivity index (χ3v) is 2.56. The molecule has 2 N–H and O–H groups in total. The Balaban J connectivity index is 3.51. The van der Waals surface area contributed by atoms with Crippen LogP contribution in [0.2, 0.25) is 0 Å². The minimum absolute atomic E-state index is 0.174. The summed E-state index contributed by atoms with van der Waals surface area (Å²) in [7, 11) is 0. The molecular formula is C11H23N. The molecule has 72 valence electrons. The van der Waals surface area contributed by atoms with Crippen molar-refractivity contribution in [1.29, 1.82) is 0 Å². The van der Waals surface area contributed by atoms with Crippen LogP contribution in [0.15, 0.2) is 12.7 Å². The Bertz CT molecular complexity index is 120. The molecule has 0 aromatic carbocycles. The van der Waals surface area contributed by atoms with Crippen LogP contribution < -0.4 is 5.73 Å². The molecule has 1 nitrogen and oxygen atoms in total. The molecule has 1 atom stereocenters. The van der Waals surface area contributed by atoms with Gasteiger partial charge < -0.3 is 5.73 Å². The Morgan fingerprint density at radius 3 is 2.42 bits per heavy atom. The van der Waals surface area contributed by atoms with Gasteiger partial charge in [-0.15, -0.1) is 6.58 Å². The molecule has 0 radical (unpaired) electrons. The predicted octanol–water partition coefficient (Wildman–Crippen LogP) is 3.11. The highest BCUT2D eigenvalue weighted by molar-refractivity contribution is 4.91. The lowest BCUT2D eigenvalue weighted by molar-refractivity contribution is 0.382. The maximum absolute atomic E-state index is 5.66. The first-order valence-corrected chi connectivity index (χ1v) is 5.02. The van der Waals surface area contributed by atoms with E-state index in [-0.39, 0.29) is 5.41 Å². The van der Waals surface area contributed by atoms with Gasteiger partial charge in [-0.25, -0.2) is 0 Å². The fourth-order valence-corrected chi connectivity index (χ4v) is 1.24. The van der Waals surface area contributed by atoms with E-state index in [0.29, 0.717) is 0 Å². The van der Waals surface area contributed by atoms with Crippen molar-refractivity contribution in [2.45, 2.75) is 46.0 Å². The molecule has 0 bridgehead atoms. The quantitative estimate of drug-likeness (QED) is 0.460. The van der Waals surface area contributed by atoms with Crippen molar-refractivity contribution in [3.63, 3.8) is 0 Å². The molecule has 1 heteroatoms. The Hall–Kier alpha value is -0.300. The fourth-order valence-electron chi connectivity index (χ4n) is 1.24. The molecule has 0 saturated heterocycles. The average molecular weight is 169 g/mol. The normalized spacial score (nSPS) is 15.6. The Morgan fingerprint density at radius 1 is 1.33 bits per heavy atom. The van der Waals surface area contributed by atoms with Gasteiger partial charge in [-0.3, -0.25) is 0 Å². The van der Waals surface area contributed by atoms with E-state index in [1.807, 2.05) is 6.08 Å². The van der Waals surface area contributed by atoms with Crippen LogP contribution in [0.5, 0.6) is 0 Å². The molecular weight excluding hydrogens is 146 g/mol. The van der Waals surface area contributed by atoms with E-state index in [1.54, 1.807) is 0 Å². The highest BCUT2D eigenvalue weighted by Crippen LogP contribution is 2.24. The SMILES string of the molecule is C=CC(C)(CN)CCCCCC. The molecule has 12 heavy (non-hydrogen) atoms. The highest BCUT2D eigenvalue weighted by atomic mass is 14.6. The Morgan fingerprint density at radius 2 is 2.00 bits per heavy atom. The van der Waals surface area contributed by atoms with Crippen molar-refractivity contribution in [3.05, 3.63) is 12.7 Å². The summed E-state index contributed by atoms with van der Waals surface area (Å²) >= 11 is 0. The smallest absolute Gasteiger partial charge is 0.00114 e. The van der Waals surface area contributed by atoms with Gasteiger partial charge in [-0.05, 0) is 11.8 Å². The van der Waals surface area contributed by atoms with Gasteiger partial charge in [0.1, 0.15) is 0 Å². The second-order valence-electron chi connectivity index (χ2n) is 3.87. The molecule has 0 saturated carbocycles. The summed E-state index contributed by atoms with van der Waals surface area (Å²) in [5.74, 6) is 0. The van der Waals surface area contributed by atoms with Gasteiger partial charge in [0.25, 0.3) is 0 Å². The molecule has 0 aliphatic heterocycles. The van der Waals surface area contributed by atoms with E-state index in [0.717, 1.165) is 6.54 Å². The zero-order valence-electron chi connectivity index (χ0n) is 8.60. The summed E-state index contributed by atoms with van der Waals surface area (Å²) in [6.07, 6.45) is 8.45. The van der Waals surface area contributed by atoms with Gasteiger partial charge in [-0.1, -0.05) is 45.6 Å². The highest BCUT2D eigenvalue weighted by Gasteiger charge is 2.16. The van der Waals surface area contributed by atoms with Crippen molar-refractivity contribution in [2.75, 3.05) is 6.54 Å². The minimum Gasteiger partial charge on any atom is -0.330 e. The summed E-state index contributed by atoms with van der Waals surface area (Å²) in [5.41, 5.74) is 5.84. The minimum atomic E-state index is 0.174. The van der Waals surface area contributed by atoms with Gasteiger partial charge in [0.05, 0.1) is 0 Å². The number of hydrogen-bond acceptors (Lipinski definition) is 1. The lowest BCUT2D eigenvalue weighted by Crippen LogP contribution is -2.24. The maximum atomic E-state index is 5.66. The number of rotatable bonds is 7. The number of nitrogens with two attached hydrogens (primary N) is 1. The zero-order chi connectivity index (χ0) is 9.45. The van der Waals surface area contributed by atoms with Crippen LogP contribution in [-0.2, 0) is 0 Å². The second-order valence-corrected chi connectivity index (χ2v) is 3.87. The van der Waals surface area contributed by atoms with Gasteiger partial charge in [0.15, 0.2) is 0 Å². The maximum Gasteiger partial charge on any atom is 0.00114 e. The molecule has 0 aliphatic rings. The Kier molecular flexibility index (Phi) is 6.09. The summed E-state index contributed by atoms with van der Waals surface area (Å²) < 4.78 is 0. The van der Waals surface area contributed by atoms with E-state index in [1.165, 1.54) is 32.1 Å². The summed E-state index contributed by atoms with van der Waals surface area (Å²) in [4.78, 5) is 0. The van der Waals surface area contributed by atoms with Gasteiger partial charge >= 0.3 is 0 Å². The number of unbranched alkanes of at least 4 members (excludes halogenated alkanes) is 3. The first-order valence-electron chi connectivity index (χ1n) is 5.02. The zero-order valence-corrected chi connectivity index (χ0v) is 8.60. The van der Waals surface area contributed by atoms with Crippen molar-refractivity contribution in [1.82, 2.24) is 0 Å². The molecule has 0 rings (SSSR count). The third kappa shape index (κ3) is 4.55. The molecule has 0 heterocycles. The standard InChI is InChI=1S/C11H23N/c1-4-6-7-8-9-11(3,5-2)10-12/h5H,2,4,6-10,12H2,1,3H3. The van der Waals surface area contributed by atoms with E-state index < -0.39 is 0 Å². The molecule has 0 spiro atoms. The Labute approximate surface area is 77.0 Å². The van der Waals surface area contributed by atoms with Crippen molar-refractivity contribution in [2.24, 2.45) is 11.1 Å². The van der Waals surface area contributed by atoms with Crippen molar-refractivity contribution >= 4 is 0 Å². The first kappa shape index (κ1) is 11.7. The molecule has 0 aromatic rings. The van der Waals surface area contributed by atoms with E-state index >= 15 is 0 Å². The lowest BCUT2D eigenvalue weighted by Gasteiger charge is -2.23. The second kappa shape index (κ2) is 6.24. The molecule has 0 aliphatic carbocycles. The molecule has 0 aromatic heterocycles. The predicted molar refractivity (Wildman–Crippen MR) is 56.1 cm³/mol. The van der Waals surface area contributed by atoms with E-state index in [9.17, 15) is 0 Å². The monoisotopic (exact) mass is 169 g/mol. The fraction of sp³-hybridized carbons (Fsp3) is 0.818. The lowest BCUT2D eigenvalue weighted by atomic mass is 9.85. The largest absolute Gasteiger partial charge is 0.330 e. The summed E-state index contributed by atoms with van der Waals surface area (Å²) in [6.45, 7) is 8.97. The first-order chi connectivity index (χ1) is 5.68. The summed E-state index contributed by atoms with van der Waals surface area (Å²) in [6, 6.07) is 0. The van der Waals surface area contributed by atoms with Crippen molar-refractivity contribution < 1.29 is 0 Å². The van der Waals surface area contributed by atoms with Gasteiger partial charge in [0.2, 0.25) is 0 Å². The van der Waals surface area contributed by atoms with Crippen LogP contribution >= 0.6 is 0 Å². The van der Waals surface area contributed by atoms with Crippen LogP contribution in [0, 0.1) is 5.41 Å². The molecule has 1 unspecified atom stereocenters. The van der Waals surface area contributed by atoms with Crippen molar-refractivity contribution in [3.8, 4) is 0 Å². The number of hydrogen-bond donors (Lipinski definition) is 1. The summed E-state index contributed by atoms with van der Waals surface area (Å²) in [5, 5.41) is 0.